The molecule has 0 bridgehead atoms. The quantitative estimate of drug-likeness (QED) is 0.674. The Labute approximate surface area is 124 Å². The van der Waals surface area contributed by atoms with Crippen molar-refractivity contribution in [3.63, 3.8) is 0 Å². The van der Waals surface area contributed by atoms with E-state index >= 15 is 0 Å². The summed E-state index contributed by atoms with van der Waals surface area (Å²) in [6.45, 7) is 0.292. The Kier molecular flexibility index (Phi) is 6.85. The maximum absolute atomic E-state index is 11.9. The highest BCUT2D eigenvalue weighted by Gasteiger charge is 2.11. The highest BCUT2D eigenvalue weighted by molar-refractivity contribution is 7.88. The SMILES string of the molecule is N#Cc1cccc(CS(=O)(=O)NCCCCCC(=O)O)c1. The summed E-state index contributed by atoms with van der Waals surface area (Å²) in [7, 11) is -3.44. The third kappa shape index (κ3) is 7.44. The molecule has 1 aromatic carbocycles. The van der Waals surface area contributed by atoms with Crippen LogP contribution in [0.4, 0.5) is 0 Å². The van der Waals surface area contributed by atoms with Gasteiger partial charge in [-0.15, -0.1) is 0 Å². The van der Waals surface area contributed by atoms with Gasteiger partial charge >= 0.3 is 5.97 Å². The van der Waals surface area contributed by atoms with Crippen molar-refractivity contribution in [2.75, 3.05) is 6.54 Å². The van der Waals surface area contributed by atoms with Crippen molar-refractivity contribution >= 4 is 16.0 Å². The van der Waals surface area contributed by atoms with E-state index in [9.17, 15) is 13.2 Å². The van der Waals surface area contributed by atoms with E-state index in [1.54, 1.807) is 24.3 Å². The lowest BCUT2D eigenvalue weighted by Crippen LogP contribution is -2.26. The first-order valence-electron chi connectivity index (χ1n) is 6.61. The van der Waals surface area contributed by atoms with E-state index in [2.05, 4.69) is 4.72 Å². The van der Waals surface area contributed by atoms with E-state index in [1.807, 2.05) is 6.07 Å². The highest BCUT2D eigenvalue weighted by Crippen LogP contribution is 2.08. The molecule has 0 aliphatic heterocycles. The van der Waals surface area contributed by atoms with Crippen LogP contribution < -0.4 is 4.72 Å². The van der Waals surface area contributed by atoms with Crippen LogP contribution in [-0.2, 0) is 20.6 Å². The molecule has 0 atom stereocenters. The number of nitrogens with one attached hydrogen (secondary N) is 1. The fourth-order valence-corrected chi connectivity index (χ4v) is 2.98. The monoisotopic (exact) mass is 310 g/mol. The summed E-state index contributed by atoms with van der Waals surface area (Å²) < 4.78 is 26.2. The lowest BCUT2D eigenvalue weighted by Gasteiger charge is -2.07. The summed E-state index contributed by atoms with van der Waals surface area (Å²) in [6, 6.07) is 8.44. The molecule has 1 aromatic rings. The van der Waals surface area contributed by atoms with Crippen molar-refractivity contribution in [2.24, 2.45) is 0 Å². The molecule has 0 radical (unpaired) electrons. The Balaban J connectivity index is 2.37. The topological polar surface area (TPSA) is 107 Å². The van der Waals surface area contributed by atoms with Crippen LogP contribution in [0.15, 0.2) is 24.3 Å². The van der Waals surface area contributed by atoms with Gasteiger partial charge in [0, 0.05) is 13.0 Å². The van der Waals surface area contributed by atoms with Gasteiger partial charge in [0.1, 0.15) is 0 Å². The van der Waals surface area contributed by atoms with Gasteiger partial charge < -0.3 is 5.11 Å². The van der Waals surface area contributed by atoms with Gasteiger partial charge in [0.2, 0.25) is 10.0 Å². The van der Waals surface area contributed by atoms with Crippen LogP contribution in [0.2, 0.25) is 0 Å². The molecule has 0 amide bonds. The normalized spacial score (nSPS) is 11.0. The summed E-state index contributed by atoms with van der Waals surface area (Å²) in [6.07, 6.45) is 1.92. The lowest BCUT2D eigenvalue weighted by atomic mass is 10.2. The summed E-state index contributed by atoms with van der Waals surface area (Å²) >= 11 is 0. The predicted octanol–water partition coefficient (Wildman–Crippen LogP) is 1.62. The van der Waals surface area contributed by atoms with Gasteiger partial charge in [-0.1, -0.05) is 18.6 Å². The Hall–Kier alpha value is -1.91. The molecule has 0 unspecified atom stereocenters. The van der Waals surface area contributed by atoms with E-state index < -0.39 is 16.0 Å². The molecule has 21 heavy (non-hydrogen) atoms. The number of nitriles is 1. The molecule has 0 saturated carbocycles. The second-order valence-corrected chi connectivity index (χ2v) is 6.48. The minimum atomic E-state index is -3.44. The third-order valence-electron chi connectivity index (χ3n) is 2.80. The molecular weight excluding hydrogens is 292 g/mol. The zero-order chi connectivity index (χ0) is 15.7. The first-order chi connectivity index (χ1) is 9.93. The van der Waals surface area contributed by atoms with E-state index in [4.69, 9.17) is 10.4 Å². The molecule has 7 heteroatoms. The van der Waals surface area contributed by atoms with Crippen molar-refractivity contribution in [3.8, 4) is 6.07 Å². The standard InChI is InChI=1S/C14H18N2O4S/c15-10-12-5-4-6-13(9-12)11-21(19,20)16-8-3-1-2-7-14(17)18/h4-6,9,16H,1-3,7-8,11H2,(H,17,18). The van der Waals surface area contributed by atoms with E-state index in [1.165, 1.54) is 0 Å². The number of sulfonamides is 1. The number of nitrogens with zero attached hydrogens (tertiary/aromatic N) is 1. The summed E-state index contributed by atoms with van der Waals surface area (Å²) in [5, 5.41) is 17.2. The van der Waals surface area contributed by atoms with Crippen LogP contribution >= 0.6 is 0 Å². The van der Waals surface area contributed by atoms with Gasteiger partial charge in [0.05, 0.1) is 17.4 Å². The average Bonchev–Trinajstić information content (AvgIpc) is 2.42. The Bertz CT molecular complexity index is 620. The summed E-state index contributed by atoms with van der Waals surface area (Å²) in [4.78, 5) is 10.3. The van der Waals surface area contributed by atoms with E-state index in [0.717, 1.165) is 0 Å². The molecule has 0 heterocycles. The highest BCUT2D eigenvalue weighted by atomic mass is 32.2. The summed E-state index contributed by atoms with van der Waals surface area (Å²) in [5.41, 5.74) is 0.990. The van der Waals surface area contributed by atoms with Crippen LogP contribution in [0, 0.1) is 11.3 Å². The predicted molar refractivity (Wildman–Crippen MR) is 77.9 cm³/mol. The van der Waals surface area contributed by atoms with Gasteiger partial charge in [-0.25, -0.2) is 13.1 Å². The molecule has 2 N–H and O–H groups in total. The number of carboxylic acids is 1. The van der Waals surface area contributed by atoms with Crippen LogP contribution in [-0.4, -0.2) is 26.0 Å². The van der Waals surface area contributed by atoms with Crippen molar-refractivity contribution in [1.29, 1.82) is 5.26 Å². The zero-order valence-corrected chi connectivity index (χ0v) is 12.4. The fraction of sp³-hybridized carbons (Fsp3) is 0.429. The Morgan fingerprint density at radius 2 is 2.05 bits per heavy atom. The van der Waals surface area contributed by atoms with Gasteiger partial charge in [0.25, 0.3) is 0 Å². The van der Waals surface area contributed by atoms with Crippen molar-refractivity contribution in [1.82, 2.24) is 4.72 Å². The third-order valence-corrected chi connectivity index (χ3v) is 4.16. The molecule has 0 saturated heterocycles. The first kappa shape index (κ1) is 17.1. The van der Waals surface area contributed by atoms with Gasteiger partial charge in [-0.2, -0.15) is 5.26 Å². The molecule has 6 nitrogen and oxygen atoms in total. The van der Waals surface area contributed by atoms with Crippen LogP contribution in [0.5, 0.6) is 0 Å². The largest absolute Gasteiger partial charge is 0.481 e. The fourth-order valence-electron chi connectivity index (χ4n) is 1.81. The van der Waals surface area contributed by atoms with E-state index in [0.29, 0.717) is 36.9 Å². The number of carboxylic acid groups (broad SMARTS) is 1. The second kappa shape index (κ2) is 8.39. The van der Waals surface area contributed by atoms with Gasteiger partial charge in [-0.3, -0.25) is 4.79 Å². The molecular formula is C14H18N2O4S. The molecule has 0 fully saturated rings. The number of unbranched alkanes of at least 4 members (excludes halogenated alkanes) is 2. The van der Waals surface area contributed by atoms with Crippen molar-refractivity contribution in [2.45, 2.75) is 31.4 Å². The molecule has 1 rings (SSSR count). The minimum absolute atomic E-state index is 0.105. The molecule has 114 valence electrons. The smallest absolute Gasteiger partial charge is 0.303 e. The van der Waals surface area contributed by atoms with Gasteiger partial charge in [0.15, 0.2) is 0 Å². The van der Waals surface area contributed by atoms with Crippen LogP contribution in [0.3, 0.4) is 0 Å². The van der Waals surface area contributed by atoms with Crippen LogP contribution in [0.1, 0.15) is 36.8 Å². The minimum Gasteiger partial charge on any atom is -0.481 e. The maximum atomic E-state index is 11.9. The first-order valence-corrected chi connectivity index (χ1v) is 8.26. The Morgan fingerprint density at radius 3 is 2.71 bits per heavy atom. The number of hydrogen-bond acceptors (Lipinski definition) is 4. The average molecular weight is 310 g/mol. The molecule has 0 aliphatic carbocycles. The van der Waals surface area contributed by atoms with E-state index in [-0.39, 0.29) is 12.2 Å². The molecule has 0 aliphatic rings. The second-order valence-electron chi connectivity index (χ2n) is 4.67. The van der Waals surface area contributed by atoms with Gasteiger partial charge in [-0.05, 0) is 30.5 Å². The number of aliphatic carboxylic acids is 1. The Morgan fingerprint density at radius 1 is 1.29 bits per heavy atom. The van der Waals surface area contributed by atoms with Crippen LogP contribution in [0.25, 0.3) is 0 Å². The number of benzene rings is 1. The molecule has 0 spiro atoms. The maximum Gasteiger partial charge on any atom is 0.303 e. The lowest BCUT2D eigenvalue weighted by molar-refractivity contribution is -0.137. The number of rotatable bonds is 9. The number of hydrogen-bond donors (Lipinski definition) is 2. The number of carbonyl (C=O) groups is 1. The van der Waals surface area contributed by atoms with Crippen molar-refractivity contribution in [3.05, 3.63) is 35.4 Å². The van der Waals surface area contributed by atoms with Crippen molar-refractivity contribution < 1.29 is 18.3 Å². The molecule has 0 aromatic heterocycles. The zero-order valence-electron chi connectivity index (χ0n) is 11.6. The summed E-state index contributed by atoms with van der Waals surface area (Å²) in [5.74, 6) is -1.01.